The maximum absolute atomic E-state index is 11.5. The van der Waals surface area contributed by atoms with E-state index in [2.05, 4.69) is 15.0 Å². The van der Waals surface area contributed by atoms with Crippen LogP contribution in [0.2, 0.25) is 0 Å². The number of rotatable bonds is 4. The van der Waals surface area contributed by atoms with Crippen LogP contribution in [0, 0.1) is 6.92 Å². The van der Waals surface area contributed by atoms with Gasteiger partial charge < -0.3 is 10.5 Å². The first-order valence-corrected chi connectivity index (χ1v) is 6.67. The van der Waals surface area contributed by atoms with E-state index in [9.17, 15) is 4.79 Å². The van der Waals surface area contributed by atoms with E-state index in [4.69, 9.17) is 10.5 Å². The van der Waals surface area contributed by atoms with Gasteiger partial charge in [0.15, 0.2) is 0 Å². The number of carbonyl (C=O) groups excluding carboxylic acids is 1. The van der Waals surface area contributed by atoms with Crippen molar-refractivity contribution in [2.24, 2.45) is 0 Å². The van der Waals surface area contributed by atoms with E-state index >= 15 is 0 Å². The van der Waals surface area contributed by atoms with Gasteiger partial charge in [-0.3, -0.25) is 0 Å². The molecule has 100 valence electrons. The summed E-state index contributed by atoms with van der Waals surface area (Å²) in [6.07, 6.45) is 1.90. The van der Waals surface area contributed by atoms with Crippen LogP contribution in [0.15, 0.2) is 11.6 Å². The molecule has 0 fully saturated rings. The highest BCUT2D eigenvalue weighted by molar-refractivity contribution is 7.09. The molecule has 0 spiro atoms. The van der Waals surface area contributed by atoms with Crippen LogP contribution in [0.1, 0.15) is 33.8 Å². The normalized spacial score (nSPS) is 10.4. The van der Waals surface area contributed by atoms with Crippen LogP contribution in [0.3, 0.4) is 0 Å². The summed E-state index contributed by atoms with van der Waals surface area (Å²) in [7, 11) is 0. The molecular weight excluding hydrogens is 264 g/mol. The van der Waals surface area contributed by atoms with E-state index in [-0.39, 0.29) is 11.4 Å². The maximum atomic E-state index is 11.5. The van der Waals surface area contributed by atoms with Gasteiger partial charge in [-0.25, -0.2) is 19.7 Å². The second-order valence-electron chi connectivity index (χ2n) is 3.87. The van der Waals surface area contributed by atoms with Gasteiger partial charge in [-0.1, -0.05) is 0 Å². The smallest absolute Gasteiger partial charge is 0.343 e. The molecule has 0 amide bonds. The van der Waals surface area contributed by atoms with E-state index in [1.54, 1.807) is 18.3 Å². The third kappa shape index (κ3) is 3.25. The van der Waals surface area contributed by atoms with Gasteiger partial charge in [-0.05, 0) is 13.8 Å². The molecule has 2 heterocycles. The van der Waals surface area contributed by atoms with Crippen LogP contribution in [0.25, 0.3) is 0 Å². The lowest BCUT2D eigenvalue weighted by atomic mass is 10.3. The Morgan fingerprint density at radius 3 is 2.84 bits per heavy atom. The number of aromatic nitrogens is 3. The van der Waals surface area contributed by atoms with Gasteiger partial charge in [-0.2, -0.15) is 0 Å². The van der Waals surface area contributed by atoms with Crippen LogP contribution in [0.5, 0.6) is 0 Å². The predicted molar refractivity (Wildman–Crippen MR) is 72.1 cm³/mol. The van der Waals surface area contributed by atoms with Crippen molar-refractivity contribution < 1.29 is 9.53 Å². The molecule has 0 aliphatic carbocycles. The Labute approximate surface area is 114 Å². The zero-order valence-electron chi connectivity index (χ0n) is 10.7. The second-order valence-corrected chi connectivity index (χ2v) is 4.81. The summed E-state index contributed by atoms with van der Waals surface area (Å²) in [6, 6.07) is 0. The van der Waals surface area contributed by atoms with Crippen LogP contribution in [-0.4, -0.2) is 27.5 Å². The van der Waals surface area contributed by atoms with Crippen molar-refractivity contribution in [1.82, 2.24) is 15.0 Å². The van der Waals surface area contributed by atoms with Crippen molar-refractivity contribution in [2.45, 2.75) is 20.3 Å². The van der Waals surface area contributed by atoms with Crippen molar-refractivity contribution in [3.63, 3.8) is 0 Å². The summed E-state index contributed by atoms with van der Waals surface area (Å²) in [6.45, 7) is 3.95. The minimum atomic E-state index is -0.503. The Bertz CT molecular complexity index is 597. The summed E-state index contributed by atoms with van der Waals surface area (Å²) in [5.41, 5.74) is 6.91. The number of thiazole rings is 1. The van der Waals surface area contributed by atoms with Gasteiger partial charge in [0.1, 0.15) is 22.2 Å². The van der Waals surface area contributed by atoms with Gasteiger partial charge in [0.2, 0.25) is 0 Å². The molecular formula is C12H14N4O2S. The predicted octanol–water partition coefficient (Wildman–Crippen LogP) is 1.59. The Morgan fingerprint density at radius 1 is 1.47 bits per heavy atom. The SMILES string of the molecule is CCOC(=O)c1cnc(Cc2nc(C)cs2)nc1N. The second kappa shape index (κ2) is 5.75. The fourth-order valence-electron chi connectivity index (χ4n) is 1.50. The molecule has 0 bridgehead atoms. The van der Waals surface area contributed by atoms with Crippen LogP contribution < -0.4 is 5.73 Å². The van der Waals surface area contributed by atoms with Gasteiger partial charge >= 0.3 is 5.97 Å². The molecule has 7 heteroatoms. The van der Waals surface area contributed by atoms with Gasteiger partial charge in [0.05, 0.1) is 13.0 Å². The molecule has 2 aromatic heterocycles. The fourth-order valence-corrected chi connectivity index (χ4v) is 2.27. The zero-order valence-corrected chi connectivity index (χ0v) is 11.5. The van der Waals surface area contributed by atoms with E-state index < -0.39 is 5.97 Å². The molecule has 0 atom stereocenters. The van der Waals surface area contributed by atoms with E-state index in [1.165, 1.54) is 6.20 Å². The summed E-state index contributed by atoms with van der Waals surface area (Å²) in [4.78, 5) is 24.1. The van der Waals surface area contributed by atoms with Crippen LogP contribution in [0.4, 0.5) is 5.82 Å². The van der Waals surface area contributed by atoms with E-state index in [0.29, 0.717) is 18.9 Å². The standard InChI is InChI=1S/C12H14N4O2S/c1-3-18-12(17)8-5-14-9(16-11(8)13)4-10-15-7(2)6-19-10/h5-6H,3-4H2,1-2H3,(H2,13,14,16). The minimum Gasteiger partial charge on any atom is -0.462 e. The number of nitrogen functional groups attached to an aromatic ring is 1. The van der Waals surface area contributed by atoms with Crippen molar-refractivity contribution >= 4 is 23.1 Å². The number of nitrogens with zero attached hydrogens (tertiary/aromatic N) is 3. The third-order valence-electron chi connectivity index (χ3n) is 2.34. The Morgan fingerprint density at radius 2 is 2.26 bits per heavy atom. The third-order valence-corrected chi connectivity index (χ3v) is 3.31. The first kappa shape index (κ1) is 13.4. The summed E-state index contributed by atoms with van der Waals surface area (Å²) in [5, 5.41) is 2.88. The highest BCUT2D eigenvalue weighted by atomic mass is 32.1. The molecule has 2 aromatic rings. The number of hydrogen-bond acceptors (Lipinski definition) is 7. The quantitative estimate of drug-likeness (QED) is 0.854. The topological polar surface area (TPSA) is 91.0 Å². The zero-order chi connectivity index (χ0) is 13.8. The monoisotopic (exact) mass is 278 g/mol. The molecule has 0 saturated heterocycles. The molecule has 0 saturated carbocycles. The lowest BCUT2D eigenvalue weighted by Crippen LogP contribution is -2.11. The number of carbonyl (C=O) groups is 1. The molecule has 19 heavy (non-hydrogen) atoms. The molecule has 2 rings (SSSR count). The van der Waals surface area contributed by atoms with Gasteiger partial charge in [0, 0.05) is 17.3 Å². The first-order valence-electron chi connectivity index (χ1n) is 5.79. The maximum Gasteiger partial charge on any atom is 0.343 e. The number of aryl methyl sites for hydroxylation is 1. The molecule has 0 aromatic carbocycles. The average molecular weight is 278 g/mol. The van der Waals surface area contributed by atoms with Crippen LogP contribution in [-0.2, 0) is 11.2 Å². The van der Waals surface area contributed by atoms with E-state index in [0.717, 1.165) is 10.7 Å². The Hall–Kier alpha value is -2.02. The van der Waals surface area contributed by atoms with Gasteiger partial charge in [0.25, 0.3) is 0 Å². The highest BCUT2D eigenvalue weighted by Crippen LogP contribution is 2.14. The van der Waals surface area contributed by atoms with E-state index in [1.807, 2.05) is 12.3 Å². The molecule has 0 unspecified atom stereocenters. The average Bonchev–Trinajstić information content (AvgIpc) is 2.75. The van der Waals surface area contributed by atoms with Crippen molar-refractivity contribution in [1.29, 1.82) is 0 Å². The molecule has 6 nitrogen and oxygen atoms in total. The Balaban J connectivity index is 2.16. The molecule has 0 aliphatic heterocycles. The number of esters is 1. The molecule has 0 aliphatic rings. The van der Waals surface area contributed by atoms with Crippen molar-refractivity contribution in [2.75, 3.05) is 12.3 Å². The summed E-state index contributed by atoms with van der Waals surface area (Å²) in [5.74, 6) is 0.174. The van der Waals surface area contributed by atoms with Crippen LogP contribution >= 0.6 is 11.3 Å². The molecule has 2 N–H and O–H groups in total. The van der Waals surface area contributed by atoms with Crippen molar-refractivity contribution in [3.05, 3.63) is 33.7 Å². The minimum absolute atomic E-state index is 0.136. The Kier molecular flexibility index (Phi) is 4.06. The number of hydrogen-bond donors (Lipinski definition) is 1. The summed E-state index contributed by atoms with van der Waals surface area (Å²) < 4.78 is 4.86. The molecule has 0 radical (unpaired) electrons. The van der Waals surface area contributed by atoms with Gasteiger partial charge in [-0.15, -0.1) is 11.3 Å². The summed E-state index contributed by atoms with van der Waals surface area (Å²) >= 11 is 1.55. The lowest BCUT2D eigenvalue weighted by molar-refractivity contribution is 0.0526. The number of ether oxygens (including phenoxy) is 1. The van der Waals surface area contributed by atoms with Crippen molar-refractivity contribution in [3.8, 4) is 0 Å². The lowest BCUT2D eigenvalue weighted by Gasteiger charge is -2.05. The highest BCUT2D eigenvalue weighted by Gasteiger charge is 2.14. The number of anilines is 1. The first-order chi connectivity index (χ1) is 9.10. The fraction of sp³-hybridized carbons (Fsp3) is 0.333. The largest absolute Gasteiger partial charge is 0.462 e. The number of nitrogens with two attached hydrogens (primary N) is 1.